The molecule has 0 fully saturated rings. The van der Waals surface area contributed by atoms with Gasteiger partial charge in [-0.3, -0.25) is 0 Å². The van der Waals surface area contributed by atoms with Crippen molar-refractivity contribution in [3.05, 3.63) is 65.7 Å². The number of hydrogen-bond donors (Lipinski definition) is 1. The summed E-state index contributed by atoms with van der Waals surface area (Å²) in [6.07, 6.45) is 2.09. The molecule has 21 heavy (non-hydrogen) atoms. The lowest BCUT2D eigenvalue weighted by Crippen LogP contribution is -2.21. The van der Waals surface area contributed by atoms with Gasteiger partial charge in [0.25, 0.3) is 0 Å². The number of rotatable bonds is 8. The van der Waals surface area contributed by atoms with Crippen LogP contribution < -0.4 is 10.1 Å². The van der Waals surface area contributed by atoms with Crippen LogP contribution in [0.15, 0.2) is 54.6 Å². The topological polar surface area (TPSA) is 21.3 Å². The van der Waals surface area contributed by atoms with Gasteiger partial charge in [0.15, 0.2) is 0 Å². The summed E-state index contributed by atoms with van der Waals surface area (Å²) in [7, 11) is 0. The third-order valence-electron chi connectivity index (χ3n) is 3.63. The molecule has 0 saturated heterocycles. The highest BCUT2D eigenvalue weighted by Crippen LogP contribution is 2.24. The number of hydrogen-bond acceptors (Lipinski definition) is 2. The summed E-state index contributed by atoms with van der Waals surface area (Å²) >= 11 is 0. The summed E-state index contributed by atoms with van der Waals surface area (Å²) in [5.74, 6) is 1.02. The van der Waals surface area contributed by atoms with Crippen molar-refractivity contribution in [3.63, 3.8) is 0 Å². The molecule has 2 heteroatoms. The van der Waals surface area contributed by atoms with Gasteiger partial charge in [0, 0.05) is 6.04 Å². The molecule has 0 heterocycles. The lowest BCUT2D eigenvalue weighted by atomic mass is 9.98. The van der Waals surface area contributed by atoms with Crippen molar-refractivity contribution >= 4 is 0 Å². The van der Waals surface area contributed by atoms with Crippen molar-refractivity contribution in [3.8, 4) is 5.75 Å². The Morgan fingerprint density at radius 3 is 2.38 bits per heavy atom. The Kier molecular flexibility index (Phi) is 6.29. The van der Waals surface area contributed by atoms with Crippen LogP contribution in [0.5, 0.6) is 5.75 Å². The van der Waals surface area contributed by atoms with Gasteiger partial charge in [-0.25, -0.2) is 0 Å². The first-order valence-corrected chi connectivity index (χ1v) is 7.84. The maximum Gasteiger partial charge on any atom is 0.122 e. The second-order valence-corrected chi connectivity index (χ2v) is 5.10. The molecular formula is C19H25NO. The molecular weight excluding hydrogens is 258 g/mol. The van der Waals surface area contributed by atoms with Gasteiger partial charge in [-0.2, -0.15) is 0 Å². The van der Waals surface area contributed by atoms with E-state index in [1.54, 1.807) is 0 Å². The van der Waals surface area contributed by atoms with Crippen molar-refractivity contribution in [2.75, 3.05) is 13.2 Å². The lowest BCUT2D eigenvalue weighted by Gasteiger charge is -2.19. The minimum absolute atomic E-state index is 0.394. The van der Waals surface area contributed by atoms with E-state index in [1.165, 1.54) is 11.1 Å². The fourth-order valence-electron chi connectivity index (χ4n) is 2.62. The fourth-order valence-corrected chi connectivity index (χ4v) is 2.62. The molecule has 0 aliphatic heterocycles. The second kappa shape index (κ2) is 8.48. The average molecular weight is 283 g/mol. The summed E-state index contributed by atoms with van der Waals surface area (Å²) in [6, 6.07) is 19.4. The average Bonchev–Trinajstić information content (AvgIpc) is 2.54. The van der Waals surface area contributed by atoms with Crippen molar-refractivity contribution in [2.45, 2.75) is 32.7 Å². The summed E-state index contributed by atoms with van der Waals surface area (Å²) in [5, 5.41) is 3.58. The van der Waals surface area contributed by atoms with Gasteiger partial charge in [-0.05, 0) is 43.5 Å². The minimum Gasteiger partial charge on any atom is -0.494 e. The van der Waals surface area contributed by atoms with Crippen molar-refractivity contribution in [1.82, 2.24) is 5.32 Å². The van der Waals surface area contributed by atoms with Gasteiger partial charge in [-0.15, -0.1) is 0 Å². The zero-order chi connectivity index (χ0) is 14.9. The summed E-state index contributed by atoms with van der Waals surface area (Å²) in [5.41, 5.74) is 2.64. The monoisotopic (exact) mass is 283 g/mol. The van der Waals surface area contributed by atoms with Crippen molar-refractivity contribution in [2.24, 2.45) is 0 Å². The molecule has 0 radical (unpaired) electrons. The first kappa shape index (κ1) is 15.6. The summed E-state index contributed by atoms with van der Waals surface area (Å²) in [6.45, 7) is 5.88. The molecule has 1 N–H and O–H groups in total. The number of ether oxygens (including phenoxy) is 1. The van der Waals surface area contributed by atoms with Crippen LogP contribution in [0, 0.1) is 0 Å². The Morgan fingerprint density at radius 1 is 0.952 bits per heavy atom. The van der Waals surface area contributed by atoms with Gasteiger partial charge in [-0.1, -0.05) is 55.5 Å². The molecule has 2 aromatic carbocycles. The Balaban J connectivity index is 2.05. The first-order valence-electron chi connectivity index (χ1n) is 7.84. The highest BCUT2D eigenvalue weighted by Gasteiger charge is 2.11. The van der Waals surface area contributed by atoms with Crippen molar-refractivity contribution in [1.29, 1.82) is 0 Å². The molecule has 0 amide bonds. The van der Waals surface area contributed by atoms with Gasteiger partial charge in [0.2, 0.25) is 0 Å². The quantitative estimate of drug-likeness (QED) is 0.777. The van der Waals surface area contributed by atoms with E-state index >= 15 is 0 Å². The van der Waals surface area contributed by atoms with E-state index in [9.17, 15) is 0 Å². The van der Waals surface area contributed by atoms with E-state index in [4.69, 9.17) is 4.74 Å². The van der Waals surface area contributed by atoms with Crippen LogP contribution in [0.3, 0.4) is 0 Å². The Labute approximate surface area is 128 Å². The largest absolute Gasteiger partial charge is 0.494 e. The lowest BCUT2D eigenvalue weighted by molar-refractivity contribution is 0.335. The maximum absolute atomic E-state index is 5.71. The van der Waals surface area contributed by atoms with Gasteiger partial charge < -0.3 is 10.1 Å². The number of benzene rings is 2. The third-order valence-corrected chi connectivity index (χ3v) is 3.63. The fraction of sp³-hybridized carbons (Fsp3) is 0.368. The van der Waals surface area contributed by atoms with E-state index in [1.807, 2.05) is 13.0 Å². The number of aryl methyl sites for hydroxylation is 1. The van der Waals surface area contributed by atoms with E-state index in [-0.39, 0.29) is 0 Å². The molecule has 2 rings (SSSR count). The third kappa shape index (κ3) is 4.61. The van der Waals surface area contributed by atoms with Crippen LogP contribution in [0.25, 0.3) is 0 Å². The van der Waals surface area contributed by atoms with Crippen LogP contribution in [-0.2, 0) is 6.42 Å². The first-order chi connectivity index (χ1) is 10.3. The molecule has 2 nitrogen and oxygen atoms in total. The second-order valence-electron chi connectivity index (χ2n) is 5.10. The molecule has 0 aromatic heterocycles. The Hall–Kier alpha value is -1.80. The van der Waals surface area contributed by atoms with Crippen molar-refractivity contribution < 1.29 is 4.74 Å². The molecule has 0 bridgehead atoms. The highest BCUT2D eigenvalue weighted by atomic mass is 16.5. The van der Waals surface area contributed by atoms with E-state index in [0.717, 1.165) is 25.1 Å². The smallest absolute Gasteiger partial charge is 0.122 e. The minimum atomic E-state index is 0.394. The summed E-state index contributed by atoms with van der Waals surface area (Å²) < 4.78 is 5.71. The normalized spacial score (nSPS) is 12.1. The standard InChI is InChI=1S/C19H25NO/c1-3-20-18(16-10-6-5-7-11-16)15-14-17-12-8-9-13-19(17)21-4-2/h5-13,18,20H,3-4,14-15H2,1-2H3. The van der Waals surface area contributed by atoms with Crippen LogP contribution in [0.4, 0.5) is 0 Å². The van der Waals surface area contributed by atoms with Gasteiger partial charge in [0.1, 0.15) is 5.75 Å². The molecule has 0 spiro atoms. The maximum atomic E-state index is 5.71. The Morgan fingerprint density at radius 2 is 1.67 bits per heavy atom. The molecule has 0 aliphatic rings. The molecule has 0 saturated carbocycles. The summed E-state index contributed by atoms with van der Waals surface area (Å²) in [4.78, 5) is 0. The zero-order valence-electron chi connectivity index (χ0n) is 13.0. The van der Waals surface area contributed by atoms with Crippen LogP contribution in [0.1, 0.15) is 37.4 Å². The van der Waals surface area contributed by atoms with Gasteiger partial charge in [0.05, 0.1) is 6.61 Å². The van der Waals surface area contributed by atoms with E-state index in [2.05, 4.69) is 60.8 Å². The van der Waals surface area contributed by atoms with Crippen LogP contribution in [-0.4, -0.2) is 13.2 Å². The SMILES string of the molecule is CCNC(CCc1ccccc1OCC)c1ccccc1. The van der Waals surface area contributed by atoms with E-state index < -0.39 is 0 Å². The van der Waals surface area contributed by atoms with Gasteiger partial charge >= 0.3 is 0 Å². The molecule has 1 atom stereocenters. The van der Waals surface area contributed by atoms with Crippen LogP contribution >= 0.6 is 0 Å². The molecule has 0 aliphatic carbocycles. The Bertz CT molecular complexity index is 524. The van der Waals surface area contributed by atoms with E-state index in [0.29, 0.717) is 12.6 Å². The predicted octanol–water partition coefficient (Wildman–Crippen LogP) is 4.37. The molecule has 112 valence electrons. The highest BCUT2D eigenvalue weighted by molar-refractivity contribution is 5.33. The number of para-hydroxylation sites is 1. The zero-order valence-corrected chi connectivity index (χ0v) is 13.0. The predicted molar refractivity (Wildman–Crippen MR) is 88.8 cm³/mol. The molecule has 1 unspecified atom stereocenters. The molecule has 2 aromatic rings. The van der Waals surface area contributed by atoms with Crippen LogP contribution in [0.2, 0.25) is 0 Å². The number of nitrogens with one attached hydrogen (secondary N) is 1.